The van der Waals surface area contributed by atoms with Crippen LogP contribution >= 0.6 is 0 Å². The fraction of sp³-hybridized carbons (Fsp3) is 0.800. The summed E-state index contributed by atoms with van der Waals surface area (Å²) in [5.41, 5.74) is -0.628. The maximum Gasteiger partial charge on any atom is 0.0670 e. The first-order valence-electron chi connectivity index (χ1n) is 4.14. The summed E-state index contributed by atoms with van der Waals surface area (Å²) in [6, 6.07) is 0. The van der Waals surface area contributed by atoms with Gasteiger partial charge < -0.3 is 5.11 Å². The van der Waals surface area contributed by atoms with Gasteiger partial charge in [0.2, 0.25) is 0 Å². The number of allylic oxidation sites excluding steroid dienone is 1. The van der Waals surface area contributed by atoms with Gasteiger partial charge in [0.15, 0.2) is 0 Å². The van der Waals surface area contributed by atoms with Crippen molar-refractivity contribution < 1.29 is 5.11 Å². The molecule has 1 heteroatoms. The maximum atomic E-state index is 9.93. The lowest BCUT2D eigenvalue weighted by atomic mass is 9.75. The summed E-state index contributed by atoms with van der Waals surface area (Å²) in [4.78, 5) is 0. The molecule has 11 heavy (non-hydrogen) atoms. The van der Waals surface area contributed by atoms with Gasteiger partial charge in [0.25, 0.3) is 0 Å². The third-order valence-electron chi connectivity index (χ3n) is 2.45. The van der Waals surface area contributed by atoms with Crippen molar-refractivity contribution >= 4 is 0 Å². The van der Waals surface area contributed by atoms with Crippen molar-refractivity contribution in [1.29, 1.82) is 0 Å². The topological polar surface area (TPSA) is 20.2 Å². The van der Waals surface area contributed by atoms with E-state index in [9.17, 15) is 5.11 Å². The average molecular weight is 156 g/mol. The van der Waals surface area contributed by atoms with Gasteiger partial charge in [-0.25, -0.2) is 0 Å². The molecule has 0 aromatic carbocycles. The molecule has 0 aromatic heterocycles. The summed E-state index contributed by atoms with van der Waals surface area (Å²) in [5.74, 6) is 0. The molecule has 0 aliphatic carbocycles. The molecule has 1 N–H and O–H groups in total. The van der Waals surface area contributed by atoms with Crippen molar-refractivity contribution in [1.82, 2.24) is 0 Å². The Balaban J connectivity index is 4.10. The molecule has 0 aromatic rings. The molecule has 0 spiro atoms. The Bertz CT molecular complexity index is 128. The van der Waals surface area contributed by atoms with Crippen LogP contribution in [0.4, 0.5) is 0 Å². The van der Waals surface area contributed by atoms with Gasteiger partial charge in [-0.2, -0.15) is 0 Å². The lowest BCUT2D eigenvalue weighted by Gasteiger charge is -2.37. The molecule has 0 fully saturated rings. The van der Waals surface area contributed by atoms with E-state index >= 15 is 0 Å². The molecule has 1 nitrogen and oxygen atoms in total. The van der Waals surface area contributed by atoms with Crippen molar-refractivity contribution in [2.45, 2.75) is 46.1 Å². The smallest absolute Gasteiger partial charge is 0.0670 e. The zero-order chi connectivity index (χ0) is 9.12. The van der Waals surface area contributed by atoms with Crippen LogP contribution < -0.4 is 0 Å². The number of aliphatic hydroxyl groups is 1. The normalized spacial score (nSPS) is 17.5. The fourth-order valence-electron chi connectivity index (χ4n) is 0.758. The van der Waals surface area contributed by atoms with E-state index < -0.39 is 5.60 Å². The summed E-state index contributed by atoms with van der Waals surface area (Å²) in [5, 5.41) is 9.93. The Labute approximate surface area is 70.1 Å². The fourth-order valence-corrected chi connectivity index (χ4v) is 0.758. The molecule has 0 saturated carbocycles. The first-order chi connectivity index (χ1) is 4.81. The standard InChI is InChI=1S/C10H20O/c1-6-7-8-10(5,11)9(2,3)4/h6,11H,1,7-8H2,2-5H3. The third-order valence-corrected chi connectivity index (χ3v) is 2.45. The zero-order valence-corrected chi connectivity index (χ0v) is 8.15. The molecule has 1 unspecified atom stereocenters. The molecule has 0 aliphatic rings. The van der Waals surface area contributed by atoms with Crippen LogP contribution in [0.3, 0.4) is 0 Å². The zero-order valence-electron chi connectivity index (χ0n) is 8.15. The minimum absolute atomic E-state index is 0.0456. The van der Waals surface area contributed by atoms with E-state index in [4.69, 9.17) is 0 Å². The van der Waals surface area contributed by atoms with Crippen molar-refractivity contribution in [2.24, 2.45) is 5.41 Å². The van der Waals surface area contributed by atoms with Crippen molar-refractivity contribution in [2.75, 3.05) is 0 Å². The second kappa shape index (κ2) is 3.40. The summed E-state index contributed by atoms with van der Waals surface area (Å²) >= 11 is 0. The molecular weight excluding hydrogens is 136 g/mol. The van der Waals surface area contributed by atoms with Crippen molar-refractivity contribution in [3.8, 4) is 0 Å². The minimum atomic E-state index is -0.582. The van der Waals surface area contributed by atoms with Crippen LogP contribution in [0.15, 0.2) is 12.7 Å². The Morgan fingerprint density at radius 3 is 2.00 bits per heavy atom. The Hall–Kier alpha value is -0.300. The molecule has 0 rings (SSSR count). The molecular formula is C10H20O. The Kier molecular flexibility index (Phi) is 3.30. The summed E-state index contributed by atoms with van der Waals surface area (Å²) in [6.07, 6.45) is 3.52. The van der Waals surface area contributed by atoms with E-state index in [-0.39, 0.29) is 5.41 Å². The van der Waals surface area contributed by atoms with Gasteiger partial charge in [0.1, 0.15) is 0 Å². The van der Waals surface area contributed by atoms with Crippen LogP contribution in [-0.2, 0) is 0 Å². The highest BCUT2D eigenvalue weighted by atomic mass is 16.3. The molecule has 0 heterocycles. The highest BCUT2D eigenvalue weighted by Gasteiger charge is 2.33. The Morgan fingerprint density at radius 2 is 1.73 bits per heavy atom. The van der Waals surface area contributed by atoms with E-state index in [1.54, 1.807) is 0 Å². The molecule has 1 atom stereocenters. The first kappa shape index (κ1) is 10.7. The van der Waals surface area contributed by atoms with E-state index in [1.807, 2.05) is 13.0 Å². The van der Waals surface area contributed by atoms with Gasteiger partial charge >= 0.3 is 0 Å². The second-order valence-electron chi connectivity index (χ2n) is 4.35. The Morgan fingerprint density at radius 1 is 1.27 bits per heavy atom. The number of hydrogen-bond acceptors (Lipinski definition) is 1. The van der Waals surface area contributed by atoms with Crippen LogP contribution in [0.2, 0.25) is 0 Å². The van der Waals surface area contributed by atoms with Crippen molar-refractivity contribution in [3.05, 3.63) is 12.7 Å². The molecule has 0 bridgehead atoms. The predicted molar refractivity (Wildman–Crippen MR) is 49.5 cm³/mol. The van der Waals surface area contributed by atoms with Crippen LogP contribution in [0.1, 0.15) is 40.5 Å². The molecule has 0 radical (unpaired) electrons. The highest BCUT2D eigenvalue weighted by molar-refractivity contribution is 4.88. The maximum absolute atomic E-state index is 9.93. The quantitative estimate of drug-likeness (QED) is 0.623. The SMILES string of the molecule is C=CCCC(C)(O)C(C)(C)C. The van der Waals surface area contributed by atoms with E-state index in [1.165, 1.54) is 0 Å². The van der Waals surface area contributed by atoms with Gasteiger partial charge in [-0.15, -0.1) is 6.58 Å². The van der Waals surface area contributed by atoms with Crippen LogP contribution in [0.25, 0.3) is 0 Å². The summed E-state index contributed by atoms with van der Waals surface area (Å²) < 4.78 is 0. The van der Waals surface area contributed by atoms with E-state index in [0.717, 1.165) is 12.8 Å². The van der Waals surface area contributed by atoms with E-state index in [2.05, 4.69) is 27.4 Å². The molecule has 0 aliphatic heterocycles. The summed E-state index contributed by atoms with van der Waals surface area (Å²) in [7, 11) is 0. The van der Waals surface area contributed by atoms with Crippen molar-refractivity contribution in [3.63, 3.8) is 0 Å². The lowest BCUT2D eigenvalue weighted by molar-refractivity contribution is -0.0471. The van der Waals surface area contributed by atoms with Gasteiger partial charge in [-0.05, 0) is 25.2 Å². The number of rotatable bonds is 3. The highest BCUT2D eigenvalue weighted by Crippen LogP contribution is 2.33. The monoisotopic (exact) mass is 156 g/mol. The average Bonchev–Trinajstić information content (AvgIpc) is 1.81. The molecule has 0 amide bonds. The first-order valence-corrected chi connectivity index (χ1v) is 4.14. The molecule has 0 saturated heterocycles. The third kappa shape index (κ3) is 3.06. The largest absolute Gasteiger partial charge is 0.390 e. The predicted octanol–water partition coefficient (Wildman–Crippen LogP) is 2.75. The van der Waals surface area contributed by atoms with Crippen LogP contribution in [-0.4, -0.2) is 10.7 Å². The minimum Gasteiger partial charge on any atom is -0.390 e. The van der Waals surface area contributed by atoms with Gasteiger partial charge in [0, 0.05) is 0 Å². The van der Waals surface area contributed by atoms with Gasteiger partial charge in [-0.3, -0.25) is 0 Å². The van der Waals surface area contributed by atoms with Gasteiger partial charge in [-0.1, -0.05) is 26.8 Å². The van der Waals surface area contributed by atoms with Gasteiger partial charge in [0.05, 0.1) is 5.60 Å². The van der Waals surface area contributed by atoms with E-state index in [0.29, 0.717) is 0 Å². The summed E-state index contributed by atoms with van der Waals surface area (Å²) in [6.45, 7) is 11.7. The van der Waals surface area contributed by atoms with Crippen LogP contribution in [0, 0.1) is 5.41 Å². The lowest BCUT2D eigenvalue weighted by Crippen LogP contribution is -2.39. The number of hydrogen-bond donors (Lipinski definition) is 1. The second-order valence-corrected chi connectivity index (χ2v) is 4.35. The molecule has 66 valence electrons. The van der Waals surface area contributed by atoms with Crippen LogP contribution in [0.5, 0.6) is 0 Å².